The van der Waals surface area contributed by atoms with Gasteiger partial charge in [0, 0.05) is 22.8 Å². The third-order valence-electron chi connectivity index (χ3n) is 2.51. The monoisotopic (exact) mass is 319 g/mol. The third-order valence-corrected chi connectivity index (χ3v) is 3.29. The van der Waals surface area contributed by atoms with Gasteiger partial charge in [-0.2, -0.15) is 0 Å². The summed E-state index contributed by atoms with van der Waals surface area (Å²) in [5.41, 5.74) is 1.17. The van der Waals surface area contributed by atoms with Gasteiger partial charge >= 0.3 is 0 Å². The van der Waals surface area contributed by atoms with Gasteiger partial charge in [-0.05, 0) is 30.3 Å². The van der Waals surface area contributed by atoms with Crippen molar-refractivity contribution >= 4 is 40.5 Å². The number of anilines is 1. The lowest BCUT2D eigenvalue weighted by Crippen LogP contribution is -2.00. The Balaban J connectivity index is 2.17. The molecule has 0 bridgehead atoms. The summed E-state index contributed by atoms with van der Waals surface area (Å²) < 4.78 is 13.2. The summed E-state index contributed by atoms with van der Waals surface area (Å²) >= 11 is 17.2. The predicted octanol–water partition coefficient (Wildman–Crippen LogP) is 5.10. The third kappa shape index (κ3) is 3.44. The lowest BCUT2D eigenvalue weighted by Gasteiger charge is -2.10. The zero-order valence-corrected chi connectivity index (χ0v) is 11.8. The molecule has 0 aliphatic carbocycles. The number of hydrogen-bond acceptors (Lipinski definition) is 2. The number of hydrogen-bond donors (Lipinski definition) is 2. The maximum atomic E-state index is 13.2. The molecule has 0 unspecified atom stereocenters. The summed E-state index contributed by atoms with van der Waals surface area (Å²) in [4.78, 5) is 0. The Morgan fingerprint density at radius 3 is 2.32 bits per heavy atom. The molecule has 0 atom stereocenters. The minimum absolute atomic E-state index is 0.0645. The molecule has 0 aliphatic heterocycles. The van der Waals surface area contributed by atoms with Crippen LogP contribution in [0.4, 0.5) is 10.1 Å². The molecule has 2 aromatic carbocycles. The molecular weight excluding hydrogens is 312 g/mol. The Morgan fingerprint density at radius 2 is 1.68 bits per heavy atom. The van der Waals surface area contributed by atoms with Gasteiger partial charge in [0.25, 0.3) is 0 Å². The zero-order chi connectivity index (χ0) is 14.0. The highest BCUT2D eigenvalue weighted by molar-refractivity contribution is 6.35. The first-order valence-electron chi connectivity index (χ1n) is 5.33. The molecule has 100 valence electrons. The highest BCUT2D eigenvalue weighted by Gasteiger charge is 2.08. The van der Waals surface area contributed by atoms with Crippen molar-refractivity contribution in [1.29, 1.82) is 0 Å². The average Bonchev–Trinajstić information content (AvgIpc) is 2.37. The van der Waals surface area contributed by atoms with Crippen LogP contribution in [0.5, 0.6) is 5.75 Å². The molecular formula is C13H9Cl3FNO. The molecule has 0 radical (unpaired) electrons. The second-order valence-electron chi connectivity index (χ2n) is 3.88. The van der Waals surface area contributed by atoms with Crippen molar-refractivity contribution in [2.24, 2.45) is 0 Å². The normalized spacial score (nSPS) is 10.5. The van der Waals surface area contributed by atoms with Crippen LogP contribution in [0.3, 0.4) is 0 Å². The van der Waals surface area contributed by atoms with Gasteiger partial charge in [0.05, 0.1) is 10.0 Å². The van der Waals surface area contributed by atoms with Crippen molar-refractivity contribution < 1.29 is 9.50 Å². The first kappa shape index (κ1) is 14.3. The van der Waals surface area contributed by atoms with Crippen molar-refractivity contribution in [3.63, 3.8) is 0 Å². The fraction of sp³-hybridized carbons (Fsp3) is 0.0769. The van der Waals surface area contributed by atoms with Gasteiger partial charge in [0.15, 0.2) is 5.82 Å². The van der Waals surface area contributed by atoms with Crippen LogP contribution in [-0.4, -0.2) is 5.11 Å². The number of rotatable bonds is 3. The maximum absolute atomic E-state index is 13.2. The van der Waals surface area contributed by atoms with Crippen LogP contribution in [0, 0.1) is 5.82 Å². The Bertz CT molecular complexity index is 596. The lowest BCUT2D eigenvalue weighted by molar-refractivity contribution is 0.469. The fourth-order valence-corrected chi connectivity index (χ4v) is 2.23. The Hall–Kier alpha value is -1.16. The first-order chi connectivity index (χ1) is 8.97. The van der Waals surface area contributed by atoms with Crippen molar-refractivity contribution in [2.45, 2.75) is 6.54 Å². The lowest BCUT2D eigenvalue weighted by atomic mass is 10.2. The van der Waals surface area contributed by atoms with E-state index < -0.39 is 5.82 Å². The molecule has 6 heteroatoms. The summed E-state index contributed by atoms with van der Waals surface area (Å²) in [5, 5.41) is 13.0. The number of aromatic hydroxyl groups is 1. The standard InChI is InChI=1S/C13H9Cl3FNO/c14-8-1-2-12(19)7(3-8)6-18-9-4-10(15)13(17)11(16)5-9/h1-5,18-19H,6H2. The van der Waals surface area contributed by atoms with Crippen LogP contribution in [-0.2, 0) is 6.54 Å². The van der Waals surface area contributed by atoms with Gasteiger partial charge in [-0.1, -0.05) is 34.8 Å². The number of halogens is 4. The van der Waals surface area contributed by atoms with Crippen LogP contribution in [0.2, 0.25) is 15.1 Å². The fourth-order valence-electron chi connectivity index (χ4n) is 1.55. The van der Waals surface area contributed by atoms with E-state index in [1.165, 1.54) is 18.2 Å². The van der Waals surface area contributed by atoms with Crippen LogP contribution < -0.4 is 5.32 Å². The summed E-state index contributed by atoms with van der Waals surface area (Å²) in [6.45, 7) is 0.310. The summed E-state index contributed by atoms with van der Waals surface area (Å²) in [6.07, 6.45) is 0. The van der Waals surface area contributed by atoms with E-state index in [0.29, 0.717) is 22.8 Å². The van der Waals surface area contributed by atoms with Crippen molar-refractivity contribution in [2.75, 3.05) is 5.32 Å². The molecule has 19 heavy (non-hydrogen) atoms. The van der Waals surface area contributed by atoms with Crippen molar-refractivity contribution in [3.05, 3.63) is 56.8 Å². The van der Waals surface area contributed by atoms with Gasteiger partial charge in [-0.3, -0.25) is 0 Å². The quantitative estimate of drug-likeness (QED) is 0.771. The van der Waals surface area contributed by atoms with E-state index >= 15 is 0 Å². The number of phenolic OH excluding ortho intramolecular Hbond substituents is 1. The summed E-state index contributed by atoms with van der Waals surface area (Å²) in [7, 11) is 0. The average molecular weight is 321 g/mol. The Labute approximate surface area is 124 Å². The molecule has 2 aromatic rings. The topological polar surface area (TPSA) is 32.3 Å². The summed E-state index contributed by atoms with van der Waals surface area (Å²) in [5.74, 6) is -0.532. The molecule has 2 N–H and O–H groups in total. The van der Waals surface area contributed by atoms with Crippen LogP contribution in [0.25, 0.3) is 0 Å². The summed E-state index contributed by atoms with van der Waals surface area (Å²) in [6, 6.07) is 7.57. The van der Waals surface area contributed by atoms with E-state index in [9.17, 15) is 9.50 Å². The van der Waals surface area contributed by atoms with Gasteiger partial charge in [-0.15, -0.1) is 0 Å². The number of benzene rings is 2. The Morgan fingerprint density at radius 1 is 1.05 bits per heavy atom. The molecule has 0 saturated carbocycles. The van der Waals surface area contributed by atoms with Gasteiger partial charge in [-0.25, -0.2) is 4.39 Å². The molecule has 0 fully saturated rings. The van der Waals surface area contributed by atoms with Gasteiger partial charge in [0.2, 0.25) is 0 Å². The number of nitrogens with one attached hydrogen (secondary N) is 1. The van der Waals surface area contributed by atoms with E-state index in [-0.39, 0.29) is 15.8 Å². The molecule has 0 aliphatic rings. The van der Waals surface area contributed by atoms with Crippen molar-refractivity contribution in [3.8, 4) is 5.75 Å². The van der Waals surface area contributed by atoms with E-state index in [1.54, 1.807) is 12.1 Å². The first-order valence-corrected chi connectivity index (χ1v) is 6.46. The highest BCUT2D eigenvalue weighted by Crippen LogP contribution is 2.28. The van der Waals surface area contributed by atoms with Crippen LogP contribution >= 0.6 is 34.8 Å². The van der Waals surface area contributed by atoms with Crippen molar-refractivity contribution in [1.82, 2.24) is 0 Å². The van der Waals surface area contributed by atoms with Crippen LogP contribution in [0.1, 0.15) is 5.56 Å². The maximum Gasteiger partial charge on any atom is 0.160 e. The Kier molecular flexibility index (Phi) is 4.40. The number of phenols is 1. The van der Waals surface area contributed by atoms with E-state index in [2.05, 4.69) is 5.32 Å². The second-order valence-corrected chi connectivity index (χ2v) is 5.13. The molecule has 0 aromatic heterocycles. The molecule has 0 saturated heterocycles. The van der Waals surface area contributed by atoms with E-state index in [4.69, 9.17) is 34.8 Å². The second kappa shape index (κ2) is 5.87. The molecule has 2 nitrogen and oxygen atoms in total. The van der Waals surface area contributed by atoms with Gasteiger partial charge < -0.3 is 10.4 Å². The minimum atomic E-state index is -0.653. The predicted molar refractivity (Wildman–Crippen MR) is 76.9 cm³/mol. The van der Waals surface area contributed by atoms with E-state index in [0.717, 1.165) is 0 Å². The highest BCUT2D eigenvalue weighted by atomic mass is 35.5. The largest absolute Gasteiger partial charge is 0.508 e. The zero-order valence-electron chi connectivity index (χ0n) is 9.55. The SMILES string of the molecule is Oc1ccc(Cl)cc1CNc1cc(Cl)c(F)c(Cl)c1. The van der Waals surface area contributed by atoms with Gasteiger partial charge in [0.1, 0.15) is 5.75 Å². The molecule has 2 rings (SSSR count). The van der Waals surface area contributed by atoms with E-state index in [1.807, 2.05) is 0 Å². The minimum Gasteiger partial charge on any atom is -0.508 e. The smallest absolute Gasteiger partial charge is 0.160 e. The molecule has 0 amide bonds. The molecule has 0 spiro atoms. The molecule has 0 heterocycles. The van der Waals surface area contributed by atoms with Crippen LogP contribution in [0.15, 0.2) is 30.3 Å².